The molecule has 19 heavy (non-hydrogen) atoms. The van der Waals surface area contributed by atoms with Crippen LogP contribution in [0, 0.1) is 6.92 Å². The van der Waals surface area contributed by atoms with Gasteiger partial charge in [0.05, 0.1) is 11.7 Å². The van der Waals surface area contributed by atoms with Crippen LogP contribution in [0.25, 0.3) is 0 Å². The molecule has 106 valence electrons. The molecule has 0 aromatic carbocycles. The Morgan fingerprint density at radius 1 is 1.47 bits per heavy atom. The summed E-state index contributed by atoms with van der Waals surface area (Å²) in [5.74, 6) is 0.751. The molecule has 0 aliphatic carbocycles. The third-order valence-corrected chi connectivity index (χ3v) is 3.16. The van der Waals surface area contributed by atoms with Crippen LogP contribution in [0.15, 0.2) is 12.3 Å². The van der Waals surface area contributed by atoms with Crippen molar-refractivity contribution in [3.05, 3.63) is 23.8 Å². The third kappa shape index (κ3) is 5.34. The number of nitrogens with one attached hydrogen (secondary N) is 2. The third-order valence-electron chi connectivity index (χ3n) is 3.16. The zero-order valence-corrected chi connectivity index (χ0v) is 12.4. The summed E-state index contributed by atoms with van der Waals surface area (Å²) in [6.07, 6.45) is 2.63. The molecule has 1 heterocycles. The van der Waals surface area contributed by atoms with E-state index >= 15 is 0 Å². The van der Waals surface area contributed by atoms with Crippen molar-refractivity contribution in [3.63, 3.8) is 0 Å². The van der Waals surface area contributed by atoms with E-state index in [9.17, 15) is 4.79 Å². The predicted molar refractivity (Wildman–Crippen MR) is 75.6 cm³/mol. The van der Waals surface area contributed by atoms with Gasteiger partial charge < -0.3 is 10.6 Å². The second-order valence-electron chi connectivity index (χ2n) is 5.42. The molecule has 0 bridgehead atoms. The first kappa shape index (κ1) is 15.6. The van der Waals surface area contributed by atoms with Crippen molar-refractivity contribution < 1.29 is 4.79 Å². The molecule has 0 fully saturated rings. The number of carbonyl (C=O) groups is 1. The van der Waals surface area contributed by atoms with Crippen LogP contribution in [-0.4, -0.2) is 27.5 Å². The van der Waals surface area contributed by atoms with E-state index < -0.39 is 0 Å². The highest BCUT2D eigenvalue weighted by Gasteiger charge is 2.21. The van der Waals surface area contributed by atoms with E-state index in [0.29, 0.717) is 6.54 Å². The number of amides is 1. The summed E-state index contributed by atoms with van der Waals surface area (Å²) in [5, 5.41) is 6.19. The Kier molecular flexibility index (Phi) is 5.42. The van der Waals surface area contributed by atoms with Crippen molar-refractivity contribution in [2.45, 2.75) is 59.2 Å². The SMILES string of the molecule is CCC(C)(C)NC(=O)C(C)NCc1ccnc(C)n1. The van der Waals surface area contributed by atoms with Gasteiger partial charge in [-0.15, -0.1) is 0 Å². The summed E-state index contributed by atoms with van der Waals surface area (Å²) in [6.45, 7) is 10.4. The lowest BCUT2D eigenvalue weighted by molar-refractivity contribution is -0.124. The Bertz CT molecular complexity index is 431. The smallest absolute Gasteiger partial charge is 0.237 e. The summed E-state index contributed by atoms with van der Waals surface area (Å²) in [7, 11) is 0. The van der Waals surface area contributed by atoms with Crippen molar-refractivity contribution in [2.24, 2.45) is 0 Å². The van der Waals surface area contributed by atoms with Crippen molar-refractivity contribution >= 4 is 5.91 Å². The topological polar surface area (TPSA) is 66.9 Å². The van der Waals surface area contributed by atoms with Crippen LogP contribution in [0.3, 0.4) is 0 Å². The molecule has 2 N–H and O–H groups in total. The fourth-order valence-electron chi connectivity index (χ4n) is 1.48. The first-order valence-corrected chi connectivity index (χ1v) is 6.68. The molecule has 1 aromatic heterocycles. The number of nitrogens with zero attached hydrogens (tertiary/aromatic N) is 2. The summed E-state index contributed by atoms with van der Waals surface area (Å²) in [4.78, 5) is 20.3. The zero-order chi connectivity index (χ0) is 14.5. The molecule has 5 nitrogen and oxygen atoms in total. The van der Waals surface area contributed by atoms with Crippen LogP contribution in [0.5, 0.6) is 0 Å². The van der Waals surface area contributed by atoms with Crippen LogP contribution in [-0.2, 0) is 11.3 Å². The van der Waals surface area contributed by atoms with E-state index in [1.54, 1.807) is 6.20 Å². The molecule has 0 spiro atoms. The Labute approximate surface area is 115 Å². The minimum atomic E-state index is -0.249. The Morgan fingerprint density at radius 3 is 2.74 bits per heavy atom. The lowest BCUT2D eigenvalue weighted by atomic mass is 10.0. The average Bonchev–Trinajstić information content (AvgIpc) is 2.35. The van der Waals surface area contributed by atoms with Crippen LogP contribution in [0.4, 0.5) is 0 Å². The highest BCUT2D eigenvalue weighted by Crippen LogP contribution is 2.07. The maximum atomic E-state index is 12.0. The second-order valence-corrected chi connectivity index (χ2v) is 5.42. The number of aromatic nitrogens is 2. The molecule has 0 saturated heterocycles. The number of carbonyl (C=O) groups excluding carboxylic acids is 1. The zero-order valence-electron chi connectivity index (χ0n) is 12.4. The van der Waals surface area contributed by atoms with Gasteiger partial charge in [0.2, 0.25) is 5.91 Å². The highest BCUT2D eigenvalue weighted by atomic mass is 16.2. The molecule has 1 atom stereocenters. The first-order valence-electron chi connectivity index (χ1n) is 6.68. The summed E-state index contributed by atoms with van der Waals surface area (Å²) < 4.78 is 0. The number of rotatable bonds is 6. The normalized spacial score (nSPS) is 13.1. The lowest BCUT2D eigenvalue weighted by Crippen LogP contribution is -2.50. The molecular formula is C14H24N4O. The van der Waals surface area contributed by atoms with Crippen LogP contribution < -0.4 is 10.6 Å². The van der Waals surface area contributed by atoms with E-state index in [2.05, 4.69) is 27.5 Å². The Morgan fingerprint density at radius 2 is 2.16 bits per heavy atom. The summed E-state index contributed by atoms with van der Waals surface area (Å²) in [5.41, 5.74) is 0.723. The summed E-state index contributed by atoms with van der Waals surface area (Å²) in [6, 6.07) is 1.60. The molecule has 5 heteroatoms. The fraction of sp³-hybridized carbons (Fsp3) is 0.643. The lowest BCUT2D eigenvalue weighted by Gasteiger charge is -2.26. The number of aryl methyl sites for hydroxylation is 1. The summed E-state index contributed by atoms with van der Waals surface area (Å²) >= 11 is 0. The van der Waals surface area contributed by atoms with Crippen LogP contribution in [0.1, 0.15) is 45.6 Å². The first-order chi connectivity index (χ1) is 8.84. The standard InChI is InChI=1S/C14H24N4O/c1-6-14(4,5)18-13(19)10(2)16-9-12-7-8-15-11(3)17-12/h7-8,10,16H,6,9H2,1-5H3,(H,18,19). The van der Waals surface area contributed by atoms with Gasteiger partial charge in [0.15, 0.2) is 0 Å². The minimum absolute atomic E-state index is 0.0117. The van der Waals surface area contributed by atoms with Gasteiger partial charge in [-0.05, 0) is 40.2 Å². The second kappa shape index (κ2) is 6.61. The van der Waals surface area contributed by atoms with Gasteiger partial charge >= 0.3 is 0 Å². The molecule has 0 saturated carbocycles. The van der Waals surface area contributed by atoms with Gasteiger partial charge in [0, 0.05) is 18.3 Å². The van der Waals surface area contributed by atoms with E-state index in [0.717, 1.165) is 17.9 Å². The van der Waals surface area contributed by atoms with Crippen molar-refractivity contribution in [2.75, 3.05) is 0 Å². The molecule has 1 unspecified atom stereocenters. The number of hydrogen-bond acceptors (Lipinski definition) is 4. The van der Waals surface area contributed by atoms with Gasteiger partial charge in [0.25, 0.3) is 0 Å². The maximum absolute atomic E-state index is 12.0. The van der Waals surface area contributed by atoms with E-state index in [1.807, 2.05) is 33.8 Å². The van der Waals surface area contributed by atoms with Gasteiger partial charge in [-0.2, -0.15) is 0 Å². The van der Waals surface area contributed by atoms with Gasteiger partial charge in [-0.1, -0.05) is 6.92 Å². The number of hydrogen-bond donors (Lipinski definition) is 2. The molecular weight excluding hydrogens is 240 g/mol. The Hall–Kier alpha value is -1.49. The van der Waals surface area contributed by atoms with Gasteiger partial charge in [-0.3, -0.25) is 4.79 Å². The maximum Gasteiger partial charge on any atom is 0.237 e. The molecule has 0 radical (unpaired) electrons. The fourth-order valence-corrected chi connectivity index (χ4v) is 1.48. The van der Waals surface area contributed by atoms with Crippen molar-refractivity contribution in [3.8, 4) is 0 Å². The van der Waals surface area contributed by atoms with Gasteiger partial charge in [0.1, 0.15) is 5.82 Å². The molecule has 1 amide bonds. The predicted octanol–water partition coefficient (Wildman–Crippen LogP) is 1.57. The quantitative estimate of drug-likeness (QED) is 0.818. The largest absolute Gasteiger partial charge is 0.350 e. The average molecular weight is 264 g/mol. The van der Waals surface area contributed by atoms with E-state index in [-0.39, 0.29) is 17.5 Å². The monoisotopic (exact) mass is 264 g/mol. The van der Waals surface area contributed by atoms with Crippen LogP contribution >= 0.6 is 0 Å². The minimum Gasteiger partial charge on any atom is -0.350 e. The highest BCUT2D eigenvalue weighted by molar-refractivity contribution is 5.81. The van der Waals surface area contributed by atoms with Crippen molar-refractivity contribution in [1.29, 1.82) is 0 Å². The van der Waals surface area contributed by atoms with Crippen molar-refractivity contribution in [1.82, 2.24) is 20.6 Å². The molecule has 0 aliphatic rings. The van der Waals surface area contributed by atoms with E-state index in [4.69, 9.17) is 0 Å². The molecule has 0 aliphatic heterocycles. The van der Waals surface area contributed by atoms with Gasteiger partial charge in [-0.25, -0.2) is 9.97 Å². The van der Waals surface area contributed by atoms with Crippen LogP contribution in [0.2, 0.25) is 0 Å². The molecule has 1 rings (SSSR count). The van der Waals surface area contributed by atoms with E-state index in [1.165, 1.54) is 0 Å². The Balaban J connectivity index is 2.47. The molecule has 1 aromatic rings.